The van der Waals surface area contributed by atoms with Crippen molar-refractivity contribution in [3.63, 3.8) is 0 Å². The standard InChI is InChI=1S/C11H12N2O5/c14-6-3-8(11(17)18)13(5-6)10(16)7-4-12-2-1-9(7)15/h1-2,4,6,8,14H,3,5H2,(H,12,15)(H,17,18). The molecule has 1 saturated heterocycles. The fourth-order valence-corrected chi connectivity index (χ4v) is 2.01. The normalized spacial score (nSPS) is 23.1. The molecule has 1 aromatic heterocycles. The Hall–Kier alpha value is -2.15. The first kappa shape index (κ1) is 12.3. The molecule has 2 rings (SSSR count). The third-order valence-corrected chi connectivity index (χ3v) is 2.88. The molecular weight excluding hydrogens is 240 g/mol. The van der Waals surface area contributed by atoms with Gasteiger partial charge >= 0.3 is 5.97 Å². The highest BCUT2D eigenvalue weighted by molar-refractivity contribution is 5.96. The van der Waals surface area contributed by atoms with Gasteiger partial charge in [0.05, 0.1) is 6.10 Å². The summed E-state index contributed by atoms with van der Waals surface area (Å²) >= 11 is 0. The van der Waals surface area contributed by atoms with Gasteiger partial charge in [0, 0.05) is 31.4 Å². The van der Waals surface area contributed by atoms with Gasteiger partial charge in [0.2, 0.25) is 0 Å². The number of aromatic amines is 1. The number of rotatable bonds is 2. The summed E-state index contributed by atoms with van der Waals surface area (Å²) in [6, 6.07) is 0.0993. The number of pyridine rings is 1. The van der Waals surface area contributed by atoms with Gasteiger partial charge in [-0.3, -0.25) is 9.59 Å². The average Bonchev–Trinajstić information content (AvgIpc) is 2.71. The predicted molar refractivity (Wildman–Crippen MR) is 60.1 cm³/mol. The van der Waals surface area contributed by atoms with Gasteiger partial charge in [0.1, 0.15) is 11.6 Å². The summed E-state index contributed by atoms with van der Waals surface area (Å²) in [6.45, 7) is -0.0792. The molecular formula is C11H12N2O5. The van der Waals surface area contributed by atoms with Crippen LogP contribution < -0.4 is 5.43 Å². The van der Waals surface area contributed by atoms with E-state index in [0.29, 0.717) is 0 Å². The van der Waals surface area contributed by atoms with Crippen LogP contribution in [0.3, 0.4) is 0 Å². The first-order valence-electron chi connectivity index (χ1n) is 5.39. The lowest BCUT2D eigenvalue weighted by atomic mass is 10.2. The largest absolute Gasteiger partial charge is 0.480 e. The minimum atomic E-state index is -1.19. The quantitative estimate of drug-likeness (QED) is 0.627. The number of aliphatic hydroxyl groups is 1. The summed E-state index contributed by atoms with van der Waals surface area (Å²) in [5.74, 6) is -1.87. The number of nitrogens with zero attached hydrogens (tertiary/aromatic N) is 1. The molecule has 2 heterocycles. The zero-order valence-corrected chi connectivity index (χ0v) is 9.37. The number of hydrogen-bond donors (Lipinski definition) is 3. The first-order chi connectivity index (χ1) is 8.50. The number of H-pyrrole nitrogens is 1. The molecule has 96 valence electrons. The summed E-state index contributed by atoms with van der Waals surface area (Å²) in [7, 11) is 0. The Balaban J connectivity index is 2.31. The van der Waals surface area contributed by atoms with Crippen LogP contribution in [0.2, 0.25) is 0 Å². The van der Waals surface area contributed by atoms with E-state index in [1.54, 1.807) is 0 Å². The Morgan fingerprint density at radius 2 is 2.17 bits per heavy atom. The molecule has 1 fully saturated rings. The fourth-order valence-electron chi connectivity index (χ4n) is 2.01. The van der Waals surface area contributed by atoms with Gasteiger partial charge in [-0.05, 0) is 0 Å². The van der Waals surface area contributed by atoms with E-state index in [2.05, 4.69) is 4.98 Å². The van der Waals surface area contributed by atoms with Crippen LogP contribution in [0.4, 0.5) is 0 Å². The molecule has 0 spiro atoms. The van der Waals surface area contributed by atoms with Crippen LogP contribution in [0.15, 0.2) is 23.3 Å². The molecule has 1 aliphatic heterocycles. The summed E-state index contributed by atoms with van der Waals surface area (Å²) < 4.78 is 0. The maximum absolute atomic E-state index is 12.1. The van der Waals surface area contributed by atoms with Crippen LogP contribution >= 0.6 is 0 Å². The highest BCUT2D eigenvalue weighted by Crippen LogP contribution is 2.19. The van der Waals surface area contributed by atoms with Crippen LogP contribution in [-0.2, 0) is 4.79 Å². The number of carbonyl (C=O) groups excluding carboxylic acids is 1. The van der Waals surface area contributed by atoms with E-state index in [9.17, 15) is 19.5 Å². The second-order valence-electron chi connectivity index (χ2n) is 4.12. The van der Waals surface area contributed by atoms with Gasteiger partial charge < -0.3 is 20.1 Å². The van der Waals surface area contributed by atoms with E-state index in [1.807, 2.05) is 0 Å². The van der Waals surface area contributed by atoms with Crippen molar-refractivity contribution in [1.29, 1.82) is 0 Å². The number of carbonyl (C=O) groups is 2. The number of likely N-dealkylation sites (tertiary alicyclic amines) is 1. The van der Waals surface area contributed by atoms with E-state index in [-0.39, 0.29) is 18.5 Å². The lowest BCUT2D eigenvalue weighted by Crippen LogP contribution is -2.42. The van der Waals surface area contributed by atoms with Crippen molar-refractivity contribution in [1.82, 2.24) is 9.88 Å². The summed E-state index contributed by atoms with van der Waals surface area (Å²) in [5.41, 5.74) is -0.609. The van der Waals surface area contributed by atoms with Gasteiger partial charge in [-0.2, -0.15) is 0 Å². The molecule has 7 heteroatoms. The number of β-amino-alcohol motifs (C(OH)–C–C–N with tert-alkyl or cyclic N) is 1. The number of aliphatic carboxylic acids is 1. The maximum Gasteiger partial charge on any atom is 0.326 e. The van der Waals surface area contributed by atoms with Crippen molar-refractivity contribution in [3.05, 3.63) is 34.2 Å². The Labute approximate surface area is 102 Å². The number of hydrogen-bond acceptors (Lipinski definition) is 4. The molecule has 1 amide bonds. The van der Waals surface area contributed by atoms with Gasteiger partial charge in [-0.1, -0.05) is 0 Å². The second-order valence-corrected chi connectivity index (χ2v) is 4.12. The molecule has 0 radical (unpaired) electrons. The third kappa shape index (κ3) is 2.12. The predicted octanol–water partition coefficient (Wildman–Crippen LogP) is -0.965. The zero-order chi connectivity index (χ0) is 13.3. The highest BCUT2D eigenvalue weighted by Gasteiger charge is 2.39. The SMILES string of the molecule is O=C(O)C1CC(O)CN1C(=O)c1c[nH]ccc1=O. The molecule has 2 atom stereocenters. The Kier molecular flexibility index (Phi) is 3.15. The van der Waals surface area contributed by atoms with Crippen molar-refractivity contribution in [2.75, 3.05) is 6.54 Å². The monoisotopic (exact) mass is 252 g/mol. The topological polar surface area (TPSA) is 111 Å². The van der Waals surface area contributed by atoms with Crippen LogP contribution in [0.5, 0.6) is 0 Å². The van der Waals surface area contributed by atoms with E-state index >= 15 is 0 Å². The lowest BCUT2D eigenvalue weighted by molar-refractivity contribution is -0.141. The number of nitrogens with one attached hydrogen (secondary N) is 1. The first-order valence-corrected chi connectivity index (χ1v) is 5.39. The number of carboxylic acids is 1. The minimum absolute atomic E-state index is 0.0220. The number of aliphatic hydroxyl groups excluding tert-OH is 1. The number of amides is 1. The Morgan fingerprint density at radius 3 is 2.78 bits per heavy atom. The molecule has 0 aliphatic carbocycles. The molecule has 0 aromatic carbocycles. The molecule has 0 bridgehead atoms. The van der Waals surface area contributed by atoms with Gasteiger partial charge in [-0.25, -0.2) is 4.79 Å². The molecule has 18 heavy (non-hydrogen) atoms. The highest BCUT2D eigenvalue weighted by atomic mass is 16.4. The molecule has 3 N–H and O–H groups in total. The summed E-state index contributed by atoms with van der Waals surface area (Å²) in [6.07, 6.45) is 1.71. The van der Waals surface area contributed by atoms with Crippen molar-refractivity contribution >= 4 is 11.9 Å². The van der Waals surface area contributed by atoms with Crippen LogP contribution in [0.25, 0.3) is 0 Å². The van der Waals surface area contributed by atoms with E-state index in [4.69, 9.17) is 5.11 Å². The van der Waals surface area contributed by atoms with Crippen molar-refractivity contribution in [3.8, 4) is 0 Å². The smallest absolute Gasteiger partial charge is 0.326 e. The Bertz CT molecular complexity index is 538. The van der Waals surface area contributed by atoms with Crippen LogP contribution in [0, 0.1) is 0 Å². The van der Waals surface area contributed by atoms with E-state index < -0.39 is 29.5 Å². The lowest BCUT2D eigenvalue weighted by Gasteiger charge is -2.20. The number of aromatic nitrogens is 1. The maximum atomic E-state index is 12.1. The zero-order valence-electron chi connectivity index (χ0n) is 9.37. The summed E-state index contributed by atoms with van der Waals surface area (Å²) in [4.78, 5) is 38.2. The minimum Gasteiger partial charge on any atom is -0.480 e. The molecule has 7 nitrogen and oxygen atoms in total. The second kappa shape index (κ2) is 4.61. The van der Waals surface area contributed by atoms with Crippen molar-refractivity contribution < 1.29 is 19.8 Å². The molecule has 0 saturated carbocycles. The Morgan fingerprint density at radius 1 is 1.44 bits per heavy atom. The summed E-state index contributed by atoms with van der Waals surface area (Å²) in [5, 5.41) is 18.4. The molecule has 1 aliphatic rings. The number of carboxylic acid groups (broad SMARTS) is 1. The van der Waals surface area contributed by atoms with Gasteiger partial charge in [0.15, 0.2) is 5.43 Å². The van der Waals surface area contributed by atoms with E-state index in [1.165, 1.54) is 18.5 Å². The molecule has 1 aromatic rings. The van der Waals surface area contributed by atoms with Gasteiger partial charge in [0.25, 0.3) is 5.91 Å². The molecule has 2 unspecified atom stereocenters. The fraction of sp³-hybridized carbons (Fsp3) is 0.364. The van der Waals surface area contributed by atoms with Crippen LogP contribution in [0.1, 0.15) is 16.8 Å². The van der Waals surface area contributed by atoms with Crippen LogP contribution in [-0.4, -0.2) is 50.7 Å². The third-order valence-electron chi connectivity index (χ3n) is 2.88. The average molecular weight is 252 g/mol. The van der Waals surface area contributed by atoms with Gasteiger partial charge in [-0.15, -0.1) is 0 Å². The van der Waals surface area contributed by atoms with E-state index in [0.717, 1.165) is 4.90 Å². The van der Waals surface area contributed by atoms with Crippen molar-refractivity contribution in [2.45, 2.75) is 18.6 Å². The van der Waals surface area contributed by atoms with Crippen molar-refractivity contribution in [2.24, 2.45) is 0 Å².